The summed E-state index contributed by atoms with van der Waals surface area (Å²) >= 11 is 1.53. The predicted molar refractivity (Wildman–Crippen MR) is 78.9 cm³/mol. The van der Waals surface area contributed by atoms with Crippen molar-refractivity contribution in [2.24, 2.45) is 0 Å². The molecule has 1 saturated heterocycles. The maximum Gasteiger partial charge on any atom is 0.160 e. The molecule has 0 amide bonds. The number of hydrogen-bond acceptors (Lipinski definition) is 3. The van der Waals surface area contributed by atoms with Crippen molar-refractivity contribution in [1.82, 2.24) is 5.32 Å². The third-order valence-electron chi connectivity index (χ3n) is 3.89. The Hall–Kier alpha value is -1.45. The van der Waals surface area contributed by atoms with Crippen LogP contribution < -0.4 is 5.32 Å². The Morgan fingerprint density at radius 3 is 2.84 bits per heavy atom. The normalized spacial score (nSPS) is 22.6. The Balaban J connectivity index is 2.11. The topological polar surface area (TPSA) is 29.1 Å². The Kier molecular flexibility index (Phi) is 3.25. The van der Waals surface area contributed by atoms with Crippen LogP contribution in [0.1, 0.15) is 39.2 Å². The quantitative estimate of drug-likeness (QED) is 0.866. The highest BCUT2D eigenvalue weighted by Gasteiger charge is 2.37. The summed E-state index contributed by atoms with van der Waals surface area (Å²) in [6, 6.07) is 10.7. The molecule has 1 N–H and O–H groups in total. The van der Waals surface area contributed by atoms with Crippen molar-refractivity contribution in [1.29, 1.82) is 0 Å². The van der Waals surface area contributed by atoms with Gasteiger partial charge >= 0.3 is 0 Å². The number of aryl methyl sites for hydroxylation is 1. The van der Waals surface area contributed by atoms with Gasteiger partial charge in [-0.1, -0.05) is 29.8 Å². The molecule has 0 spiro atoms. The van der Waals surface area contributed by atoms with Crippen LogP contribution in [0.4, 0.5) is 0 Å². The molecule has 1 unspecified atom stereocenters. The summed E-state index contributed by atoms with van der Waals surface area (Å²) in [5.41, 5.74) is 3.70. The van der Waals surface area contributed by atoms with Gasteiger partial charge in [-0.05, 0) is 48.9 Å². The fourth-order valence-corrected chi connectivity index (χ4v) is 3.73. The summed E-state index contributed by atoms with van der Waals surface area (Å²) in [5.74, 6) is 0. The van der Waals surface area contributed by atoms with Crippen LogP contribution in [0.5, 0.6) is 0 Å². The molecule has 1 aliphatic rings. The molecule has 19 heavy (non-hydrogen) atoms. The van der Waals surface area contributed by atoms with Gasteiger partial charge in [0.05, 0.1) is 10.4 Å². The Morgan fingerprint density at radius 2 is 2.21 bits per heavy atom. The lowest BCUT2D eigenvalue weighted by Gasteiger charge is -2.30. The van der Waals surface area contributed by atoms with Crippen molar-refractivity contribution < 1.29 is 4.79 Å². The highest BCUT2D eigenvalue weighted by atomic mass is 32.1. The first-order chi connectivity index (χ1) is 9.24. The number of carbonyl (C=O) groups excluding carboxylic acids is 1. The minimum Gasteiger partial charge on any atom is -0.304 e. The first-order valence-electron chi connectivity index (χ1n) is 6.61. The standard InChI is InChI=1S/C16H17NOS/c1-12-4-2-5-13(8-12)16(6-3-7-17-16)14-9-15(10-18)19-11-14/h2,4-5,8-11,17H,3,6-7H2,1H3. The van der Waals surface area contributed by atoms with Gasteiger partial charge in [0, 0.05) is 0 Å². The molecule has 1 aliphatic heterocycles. The molecule has 3 rings (SSSR count). The van der Waals surface area contributed by atoms with Gasteiger partial charge in [0.15, 0.2) is 6.29 Å². The molecule has 1 aromatic heterocycles. The molecule has 1 fully saturated rings. The molecular weight excluding hydrogens is 254 g/mol. The summed E-state index contributed by atoms with van der Waals surface area (Å²) in [6.45, 7) is 3.15. The van der Waals surface area contributed by atoms with Crippen LogP contribution in [0, 0.1) is 6.92 Å². The second kappa shape index (κ2) is 4.91. The maximum atomic E-state index is 10.9. The van der Waals surface area contributed by atoms with Crippen LogP contribution in [-0.2, 0) is 5.54 Å². The van der Waals surface area contributed by atoms with Gasteiger partial charge in [-0.3, -0.25) is 4.79 Å². The number of carbonyl (C=O) groups is 1. The zero-order valence-corrected chi connectivity index (χ0v) is 11.8. The van der Waals surface area contributed by atoms with E-state index in [4.69, 9.17) is 0 Å². The molecule has 2 heterocycles. The molecule has 98 valence electrons. The summed E-state index contributed by atoms with van der Waals surface area (Å²) in [5, 5.41) is 5.77. The maximum absolute atomic E-state index is 10.9. The first kappa shape index (κ1) is 12.6. The highest BCUT2D eigenvalue weighted by molar-refractivity contribution is 7.11. The average molecular weight is 271 g/mol. The largest absolute Gasteiger partial charge is 0.304 e. The lowest BCUT2D eigenvalue weighted by Crippen LogP contribution is -2.37. The Morgan fingerprint density at radius 1 is 1.32 bits per heavy atom. The van der Waals surface area contributed by atoms with Crippen LogP contribution in [0.2, 0.25) is 0 Å². The molecule has 1 aromatic carbocycles. The zero-order valence-electron chi connectivity index (χ0n) is 11.0. The van der Waals surface area contributed by atoms with Crippen molar-refractivity contribution in [2.75, 3.05) is 6.54 Å². The SMILES string of the molecule is Cc1cccc(C2(c3csc(C=O)c3)CCCN2)c1. The van der Waals surface area contributed by atoms with Gasteiger partial charge in [-0.2, -0.15) is 0 Å². The fraction of sp³-hybridized carbons (Fsp3) is 0.312. The number of thiophene rings is 1. The molecule has 0 bridgehead atoms. The average Bonchev–Trinajstić information content (AvgIpc) is 3.08. The third-order valence-corrected chi connectivity index (χ3v) is 4.75. The predicted octanol–water partition coefficient (Wildman–Crippen LogP) is 3.50. The van der Waals surface area contributed by atoms with Crippen molar-refractivity contribution in [3.8, 4) is 0 Å². The molecule has 2 nitrogen and oxygen atoms in total. The van der Waals surface area contributed by atoms with Crippen LogP contribution in [-0.4, -0.2) is 12.8 Å². The van der Waals surface area contributed by atoms with Crippen LogP contribution in [0.3, 0.4) is 0 Å². The van der Waals surface area contributed by atoms with E-state index >= 15 is 0 Å². The van der Waals surface area contributed by atoms with Gasteiger partial charge in [0.25, 0.3) is 0 Å². The van der Waals surface area contributed by atoms with Crippen LogP contribution in [0.25, 0.3) is 0 Å². The van der Waals surface area contributed by atoms with Crippen molar-refractivity contribution >= 4 is 17.6 Å². The lowest BCUT2D eigenvalue weighted by atomic mass is 9.82. The summed E-state index contributed by atoms with van der Waals surface area (Å²) < 4.78 is 0. The van der Waals surface area contributed by atoms with Crippen LogP contribution in [0.15, 0.2) is 35.7 Å². The summed E-state index contributed by atoms with van der Waals surface area (Å²) in [4.78, 5) is 11.7. The molecule has 0 radical (unpaired) electrons. The second-order valence-electron chi connectivity index (χ2n) is 5.16. The van der Waals surface area contributed by atoms with E-state index in [0.717, 1.165) is 24.1 Å². The number of nitrogens with one attached hydrogen (secondary N) is 1. The van der Waals surface area contributed by atoms with Crippen molar-refractivity contribution in [2.45, 2.75) is 25.3 Å². The molecule has 0 aliphatic carbocycles. The van der Waals surface area contributed by atoms with E-state index in [2.05, 4.69) is 41.9 Å². The number of hydrogen-bond donors (Lipinski definition) is 1. The second-order valence-corrected chi connectivity index (χ2v) is 6.10. The monoisotopic (exact) mass is 271 g/mol. The van der Waals surface area contributed by atoms with Gasteiger partial charge in [-0.15, -0.1) is 11.3 Å². The van der Waals surface area contributed by atoms with Gasteiger partial charge in [0.2, 0.25) is 0 Å². The third kappa shape index (κ3) is 2.13. The van der Waals surface area contributed by atoms with E-state index < -0.39 is 0 Å². The minimum atomic E-state index is -0.107. The summed E-state index contributed by atoms with van der Waals surface area (Å²) in [7, 11) is 0. The van der Waals surface area contributed by atoms with Gasteiger partial charge in [0.1, 0.15) is 0 Å². The van der Waals surface area contributed by atoms with E-state index in [1.54, 1.807) is 0 Å². The van der Waals surface area contributed by atoms with Gasteiger partial charge < -0.3 is 5.32 Å². The lowest BCUT2D eigenvalue weighted by molar-refractivity contribution is 0.112. The molecule has 0 saturated carbocycles. The van der Waals surface area contributed by atoms with Crippen LogP contribution >= 0.6 is 11.3 Å². The van der Waals surface area contributed by atoms with Gasteiger partial charge in [-0.25, -0.2) is 0 Å². The fourth-order valence-electron chi connectivity index (χ4n) is 2.95. The summed E-state index contributed by atoms with van der Waals surface area (Å²) in [6.07, 6.45) is 3.19. The van der Waals surface area contributed by atoms with E-state index in [0.29, 0.717) is 0 Å². The molecule has 1 atom stereocenters. The van der Waals surface area contributed by atoms with Crippen molar-refractivity contribution in [3.63, 3.8) is 0 Å². The number of rotatable bonds is 3. The molecular formula is C16H17NOS. The van der Waals surface area contributed by atoms with E-state index in [-0.39, 0.29) is 5.54 Å². The highest BCUT2D eigenvalue weighted by Crippen LogP contribution is 2.39. The Bertz CT molecular complexity index is 596. The van der Waals surface area contributed by atoms with E-state index in [1.807, 2.05) is 6.07 Å². The van der Waals surface area contributed by atoms with E-state index in [1.165, 1.54) is 34.4 Å². The van der Waals surface area contributed by atoms with E-state index in [9.17, 15) is 4.79 Å². The smallest absolute Gasteiger partial charge is 0.160 e. The van der Waals surface area contributed by atoms with Crippen molar-refractivity contribution in [3.05, 3.63) is 57.3 Å². The zero-order chi connectivity index (χ0) is 13.3. The number of aldehydes is 1. The first-order valence-corrected chi connectivity index (χ1v) is 7.49. The Labute approximate surface area is 117 Å². The molecule has 3 heteroatoms. The number of benzene rings is 1. The minimum absolute atomic E-state index is 0.107. The molecule has 2 aromatic rings.